The molecule has 0 N–H and O–H groups in total. The summed E-state index contributed by atoms with van der Waals surface area (Å²) in [4.78, 5) is 35.0. The van der Waals surface area contributed by atoms with Crippen LogP contribution in [-0.4, -0.2) is 72.6 Å². The number of carbonyl (C=O) groups excluding carboxylic acids is 2. The number of thiophene rings is 1. The number of pyridine rings is 1. The average molecular weight is 389 g/mol. The Morgan fingerprint density at radius 1 is 1.22 bits per heavy atom. The lowest BCUT2D eigenvalue weighted by atomic mass is 10.0. The molecule has 144 valence electrons. The number of fused-ring (bicyclic) bond motifs is 1. The zero-order valence-electron chi connectivity index (χ0n) is 15.3. The summed E-state index contributed by atoms with van der Waals surface area (Å²) in [5.41, 5.74) is 0.869. The largest absolute Gasteiger partial charge is 0.378 e. The highest BCUT2D eigenvalue weighted by molar-refractivity contribution is 7.20. The molecule has 4 rings (SSSR count). The van der Waals surface area contributed by atoms with E-state index in [2.05, 4.69) is 4.98 Å². The molecule has 8 heteroatoms. The smallest absolute Gasteiger partial charge is 0.264 e. The van der Waals surface area contributed by atoms with Gasteiger partial charge in [0, 0.05) is 43.2 Å². The Morgan fingerprint density at radius 2 is 2.00 bits per heavy atom. The number of hydrogen-bond acceptors (Lipinski definition) is 6. The van der Waals surface area contributed by atoms with Crippen LogP contribution in [-0.2, 0) is 14.3 Å². The van der Waals surface area contributed by atoms with E-state index in [0.717, 1.165) is 15.8 Å². The Kier molecular flexibility index (Phi) is 5.38. The Morgan fingerprint density at radius 3 is 2.78 bits per heavy atom. The van der Waals surface area contributed by atoms with Gasteiger partial charge in [-0.2, -0.15) is 0 Å². The van der Waals surface area contributed by atoms with Crippen LogP contribution in [0.15, 0.2) is 18.3 Å². The molecule has 2 fully saturated rings. The Labute approximate surface area is 161 Å². The predicted molar refractivity (Wildman–Crippen MR) is 102 cm³/mol. The number of aromatic nitrogens is 1. The summed E-state index contributed by atoms with van der Waals surface area (Å²) in [6.07, 6.45) is 1.89. The van der Waals surface area contributed by atoms with Crippen molar-refractivity contribution in [2.24, 2.45) is 0 Å². The van der Waals surface area contributed by atoms with Gasteiger partial charge in [0.25, 0.3) is 5.91 Å². The third-order valence-electron chi connectivity index (χ3n) is 5.04. The quantitative estimate of drug-likeness (QED) is 0.804. The van der Waals surface area contributed by atoms with E-state index in [4.69, 9.17) is 9.47 Å². The van der Waals surface area contributed by atoms with Gasteiger partial charge in [-0.15, -0.1) is 11.3 Å². The maximum atomic E-state index is 13.2. The van der Waals surface area contributed by atoms with Crippen molar-refractivity contribution in [2.45, 2.75) is 19.4 Å². The number of carbonyl (C=O) groups is 2. The molecule has 0 bridgehead atoms. The van der Waals surface area contributed by atoms with Crippen molar-refractivity contribution in [3.8, 4) is 0 Å². The molecule has 0 aromatic carbocycles. The summed E-state index contributed by atoms with van der Waals surface area (Å²) < 4.78 is 11.4. The molecule has 27 heavy (non-hydrogen) atoms. The average Bonchev–Trinajstić information content (AvgIpc) is 3.13. The molecule has 2 aromatic heterocycles. The van der Waals surface area contributed by atoms with Gasteiger partial charge in [0.2, 0.25) is 5.91 Å². The fourth-order valence-electron chi connectivity index (χ4n) is 3.61. The van der Waals surface area contributed by atoms with Crippen LogP contribution in [0.3, 0.4) is 0 Å². The minimum Gasteiger partial charge on any atom is -0.378 e. The lowest BCUT2D eigenvalue weighted by Crippen LogP contribution is -2.43. The van der Waals surface area contributed by atoms with Crippen molar-refractivity contribution >= 4 is 33.4 Å². The molecule has 2 amide bonds. The van der Waals surface area contributed by atoms with Crippen LogP contribution in [0.1, 0.15) is 34.7 Å². The fourth-order valence-corrected chi connectivity index (χ4v) is 4.78. The van der Waals surface area contributed by atoms with E-state index in [0.29, 0.717) is 57.3 Å². The van der Waals surface area contributed by atoms with Crippen LogP contribution in [0.5, 0.6) is 0 Å². The van der Waals surface area contributed by atoms with Crippen LogP contribution >= 0.6 is 11.3 Å². The Balaban J connectivity index is 1.72. The monoisotopic (exact) mass is 389 g/mol. The van der Waals surface area contributed by atoms with E-state index in [-0.39, 0.29) is 17.9 Å². The molecule has 1 unspecified atom stereocenters. The first-order valence-corrected chi connectivity index (χ1v) is 10.1. The van der Waals surface area contributed by atoms with Gasteiger partial charge in [-0.3, -0.25) is 9.59 Å². The van der Waals surface area contributed by atoms with Crippen LogP contribution in [0, 0.1) is 0 Å². The van der Waals surface area contributed by atoms with Gasteiger partial charge in [0.05, 0.1) is 26.4 Å². The second-order valence-corrected chi connectivity index (χ2v) is 7.66. The maximum absolute atomic E-state index is 13.2. The van der Waals surface area contributed by atoms with Crippen LogP contribution in [0.4, 0.5) is 0 Å². The zero-order valence-corrected chi connectivity index (χ0v) is 16.2. The minimum absolute atomic E-state index is 0.00107. The summed E-state index contributed by atoms with van der Waals surface area (Å²) in [5.74, 6) is 0.112. The maximum Gasteiger partial charge on any atom is 0.264 e. The second kappa shape index (κ2) is 7.92. The van der Waals surface area contributed by atoms with Crippen molar-refractivity contribution < 1.29 is 19.1 Å². The van der Waals surface area contributed by atoms with Gasteiger partial charge < -0.3 is 19.3 Å². The minimum atomic E-state index is -0.313. The van der Waals surface area contributed by atoms with Gasteiger partial charge in [-0.25, -0.2) is 4.98 Å². The fraction of sp³-hybridized carbons (Fsp3) is 0.526. The zero-order chi connectivity index (χ0) is 18.8. The SMILES string of the molecule is CCC(=O)N1CCOC(c2c(C(=O)N3CCOCC3)sc3ncccc23)C1. The van der Waals surface area contributed by atoms with Crippen molar-refractivity contribution in [1.29, 1.82) is 0 Å². The number of morpholine rings is 2. The highest BCUT2D eigenvalue weighted by Crippen LogP contribution is 2.38. The number of nitrogens with zero attached hydrogens (tertiary/aromatic N) is 3. The molecule has 7 nitrogen and oxygen atoms in total. The number of ether oxygens (including phenoxy) is 2. The molecule has 2 aliphatic rings. The van der Waals surface area contributed by atoms with Crippen LogP contribution in [0.2, 0.25) is 0 Å². The van der Waals surface area contributed by atoms with Gasteiger partial charge in [0.15, 0.2) is 0 Å². The topological polar surface area (TPSA) is 72.0 Å². The summed E-state index contributed by atoms with van der Waals surface area (Å²) >= 11 is 1.41. The standard InChI is InChI=1S/C19H23N3O4S/c1-2-15(23)22-8-11-26-14(12-22)16-13-4-3-5-20-18(13)27-17(16)19(24)21-6-9-25-10-7-21/h3-5,14H,2,6-12H2,1H3. The molecule has 1 atom stereocenters. The molecule has 0 saturated carbocycles. The number of amides is 2. The van der Waals surface area contributed by atoms with Crippen molar-refractivity contribution in [1.82, 2.24) is 14.8 Å². The van der Waals surface area contributed by atoms with E-state index in [1.807, 2.05) is 28.9 Å². The molecule has 4 heterocycles. The van der Waals surface area contributed by atoms with Crippen molar-refractivity contribution in [3.63, 3.8) is 0 Å². The molecule has 0 aliphatic carbocycles. The molecular formula is C19H23N3O4S. The lowest BCUT2D eigenvalue weighted by molar-refractivity contribution is -0.138. The number of rotatable bonds is 3. The Bertz CT molecular complexity index is 847. The highest BCUT2D eigenvalue weighted by atomic mass is 32.1. The van der Waals surface area contributed by atoms with Gasteiger partial charge >= 0.3 is 0 Å². The van der Waals surface area contributed by atoms with Crippen LogP contribution in [0.25, 0.3) is 10.2 Å². The van der Waals surface area contributed by atoms with E-state index < -0.39 is 0 Å². The van der Waals surface area contributed by atoms with E-state index in [9.17, 15) is 9.59 Å². The third kappa shape index (κ3) is 3.56. The Hall–Kier alpha value is -2.03. The summed E-state index contributed by atoms with van der Waals surface area (Å²) in [6.45, 7) is 5.69. The van der Waals surface area contributed by atoms with Crippen molar-refractivity contribution in [3.05, 3.63) is 28.8 Å². The van der Waals surface area contributed by atoms with Gasteiger partial charge in [-0.05, 0) is 6.07 Å². The third-order valence-corrected chi connectivity index (χ3v) is 6.16. The molecule has 2 aliphatic heterocycles. The summed E-state index contributed by atoms with van der Waals surface area (Å²) in [5, 5.41) is 0.940. The molecule has 0 spiro atoms. The molecule has 2 saturated heterocycles. The summed E-state index contributed by atoms with van der Waals surface area (Å²) in [6, 6.07) is 3.85. The van der Waals surface area contributed by atoms with Gasteiger partial charge in [0.1, 0.15) is 15.8 Å². The van der Waals surface area contributed by atoms with Crippen LogP contribution < -0.4 is 0 Å². The van der Waals surface area contributed by atoms with E-state index >= 15 is 0 Å². The molecular weight excluding hydrogens is 366 g/mol. The van der Waals surface area contributed by atoms with E-state index in [1.54, 1.807) is 6.20 Å². The predicted octanol–water partition coefficient (Wildman–Crippen LogP) is 2.08. The van der Waals surface area contributed by atoms with E-state index in [1.165, 1.54) is 11.3 Å². The normalized spacial score (nSPS) is 20.9. The number of hydrogen-bond donors (Lipinski definition) is 0. The highest BCUT2D eigenvalue weighted by Gasteiger charge is 2.33. The lowest BCUT2D eigenvalue weighted by Gasteiger charge is -2.34. The van der Waals surface area contributed by atoms with Crippen molar-refractivity contribution in [2.75, 3.05) is 46.0 Å². The molecule has 2 aromatic rings. The summed E-state index contributed by atoms with van der Waals surface area (Å²) in [7, 11) is 0. The van der Waals surface area contributed by atoms with Gasteiger partial charge in [-0.1, -0.05) is 13.0 Å². The first kappa shape index (κ1) is 18.3. The first-order valence-electron chi connectivity index (χ1n) is 9.33. The first-order chi connectivity index (χ1) is 13.2. The second-order valence-electron chi connectivity index (χ2n) is 6.66. The molecule has 0 radical (unpaired) electrons.